The second-order valence-electron chi connectivity index (χ2n) is 3.39. The van der Waals surface area contributed by atoms with E-state index in [0.717, 1.165) is 6.54 Å². The van der Waals surface area contributed by atoms with Gasteiger partial charge in [0.1, 0.15) is 0 Å². The molecule has 0 bridgehead atoms. The highest BCUT2D eigenvalue weighted by Crippen LogP contribution is 2.46. The van der Waals surface area contributed by atoms with Crippen LogP contribution in [0.3, 0.4) is 0 Å². The first-order valence-electron chi connectivity index (χ1n) is 4.18. The van der Waals surface area contributed by atoms with Crippen molar-refractivity contribution in [3.05, 3.63) is 0 Å². The lowest BCUT2D eigenvalue weighted by atomic mass is 10.3. The van der Waals surface area contributed by atoms with Crippen molar-refractivity contribution in [1.82, 2.24) is 5.32 Å². The highest BCUT2D eigenvalue weighted by Gasteiger charge is 2.41. The van der Waals surface area contributed by atoms with Crippen LogP contribution < -0.4 is 11.1 Å². The molecule has 0 aromatic carbocycles. The monoisotopic (exact) mass is 188 g/mol. The van der Waals surface area contributed by atoms with Crippen molar-refractivity contribution < 1.29 is 4.79 Å². The summed E-state index contributed by atoms with van der Waals surface area (Å²) in [6.07, 6.45) is 4.52. The molecule has 0 saturated heterocycles. The first-order valence-corrected chi connectivity index (χ1v) is 5.40. The van der Waals surface area contributed by atoms with Gasteiger partial charge in [0.15, 0.2) is 0 Å². The molecule has 1 saturated carbocycles. The van der Waals surface area contributed by atoms with Gasteiger partial charge in [-0.25, -0.2) is 0 Å². The minimum Gasteiger partial charge on any atom is -0.353 e. The fourth-order valence-electron chi connectivity index (χ4n) is 1.00. The molecular weight excluding hydrogens is 172 g/mol. The molecule has 0 aromatic rings. The molecule has 1 aliphatic rings. The minimum atomic E-state index is -0.386. The van der Waals surface area contributed by atoms with Crippen molar-refractivity contribution in [2.45, 2.75) is 30.6 Å². The van der Waals surface area contributed by atoms with Gasteiger partial charge in [0, 0.05) is 11.3 Å². The molecule has 1 amide bonds. The zero-order chi connectivity index (χ0) is 9.19. The summed E-state index contributed by atoms with van der Waals surface area (Å²) in [4.78, 5) is 11.1. The summed E-state index contributed by atoms with van der Waals surface area (Å²) >= 11 is 1.84. The minimum absolute atomic E-state index is 0.0460. The van der Waals surface area contributed by atoms with E-state index in [2.05, 4.69) is 11.6 Å². The Morgan fingerprint density at radius 2 is 2.33 bits per heavy atom. The Bertz CT molecular complexity index is 178. The van der Waals surface area contributed by atoms with Crippen LogP contribution in [0.25, 0.3) is 0 Å². The summed E-state index contributed by atoms with van der Waals surface area (Å²) in [6.45, 7) is 2.47. The van der Waals surface area contributed by atoms with Crippen molar-refractivity contribution in [2.24, 2.45) is 5.73 Å². The molecule has 0 aliphatic heterocycles. The zero-order valence-corrected chi connectivity index (χ0v) is 8.41. The van der Waals surface area contributed by atoms with E-state index >= 15 is 0 Å². The number of thioether (sulfide) groups is 1. The van der Waals surface area contributed by atoms with Gasteiger partial charge in [0.25, 0.3) is 0 Å². The Hall–Kier alpha value is -0.220. The third kappa shape index (κ3) is 2.38. The summed E-state index contributed by atoms with van der Waals surface area (Å²) in [5.74, 6) is -0.0460. The largest absolute Gasteiger partial charge is 0.353 e. The summed E-state index contributed by atoms with van der Waals surface area (Å²) in [6, 6.07) is -0.386. The number of hydrogen-bond donors (Lipinski definition) is 2. The Labute approximate surface area is 77.5 Å². The van der Waals surface area contributed by atoms with Crippen molar-refractivity contribution >= 4 is 17.7 Å². The van der Waals surface area contributed by atoms with Crippen molar-refractivity contribution in [1.29, 1.82) is 0 Å². The molecule has 70 valence electrons. The van der Waals surface area contributed by atoms with Crippen LogP contribution in [-0.2, 0) is 4.79 Å². The summed E-state index contributed by atoms with van der Waals surface area (Å²) < 4.78 is 0.338. The van der Waals surface area contributed by atoms with Gasteiger partial charge in [0.05, 0.1) is 6.04 Å². The van der Waals surface area contributed by atoms with Crippen LogP contribution in [0.1, 0.15) is 19.8 Å². The third-order valence-electron chi connectivity index (χ3n) is 2.24. The number of nitrogens with one attached hydrogen (secondary N) is 1. The van der Waals surface area contributed by atoms with Crippen LogP contribution in [0, 0.1) is 0 Å². The highest BCUT2D eigenvalue weighted by molar-refractivity contribution is 8.00. The standard InChI is InChI=1S/C8H16N2OS/c1-6(9)7(11)10-5-8(12-2)3-4-8/h6H,3-5,9H2,1-2H3,(H,10,11)/t6-/m1/s1. The Kier molecular flexibility index (Phi) is 3.01. The molecule has 3 nitrogen and oxygen atoms in total. The molecule has 1 atom stereocenters. The van der Waals surface area contributed by atoms with E-state index in [4.69, 9.17) is 5.73 Å². The molecule has 3 N–H and O–H groups in total. The highest BCUT2D eigenvalue weighted by atomic mass is 32.2. The van der Waals surface area contributed by atoms with E-state index in [9.17, 15) is 4.79 Å². The SMILES string of the molecule is CSC1(CNC(=O)[C@@H](C)N)CC1. The Morgan fingerprint density at radius 1 is 1.75 bits per heavy atom. The number of rotatable bonds is 4. The second kappa shape index (κ2) is 3.66. The molecule has 0 aromatic heterocycles. The summed E-state index contributed by atoms with van der Waals surface area (Å²) in [5.41, 5.74) is 5.41. The maximum atomic E-state index is 11.1. The van der Waals surface area contributed by atoms with E-state index in [1.54, 1.807) is 6.92 Å². The number of nitrogens with two attached hydrogens (primary N) is 1. The average Bonchev–Trinajstić information content (AvgIpc) is 2.81. The maximum Gasteiger partial charge on any atom is 0.236 e. The predicted octanol–water partition coefficient (Wildman–Crippen LogP) is 0.345. The number of amides is 1. The Morgan fingerprint density at radius 3 is 2.67 bits per heavy atom. The van der Waals surface area contributed by atoms with Gasteiger partial charge in [-0.05, 0) is 26.0 Å². The van der Waals surface area contributed by atoms with Crippen LogP contribution >= 0.6 is 11.8 Å². The van der Waals surface area contributed by atoms with Crippen molar-refractivity contribution in [3.8, 4) is 0 Å². The van der Waals surface area contributed by atoms with Gasteiger partial charge in [-0.3, -0.25) is 4.79 Å². The predicted molar refractivity (Wildman–Crippen MR) is 52.1 cm³/mol. The van der Waals surface area contributed by atoms with Gasteiger partial charge in [0.2, 0.25) is 5.91 Å². The molecule has 12 heavy (non-hydrogen) atoms. The van der Waals surface area contributed by atoms with Gasteiger partial charge in [-0.1, -0.05) is 0 Å². The molecule has 0 heterocycles. The molecule has 1 fully saturated rings. The van der Waals surface area contributed by atoms with Crippen LogP contribution in [0.15, 0.2) is 0 Å². The normalized spacial score (nSPS) is 21.6. The molecule has 0 radical (unpaired) electrons. The first kappa shape index (κ1) is 9.86. The van der Waals surface area contributed by atoms with E-state index in [1.807, 2.05) is 11.8 Å². The lowest BCUT2D eigenvalue weighted by Gasteiger charge is -2.14. The van der Waals surface area contributed by atoms with Crippen LogP contribution in [0.5, 0.6) is 0 Å². The number of carbonyl (C=O) groups excluding carboxylic acids is 1. The molecule has 1 rings (SSSR count). The lowest BCUT2D eigenvalue weighted by Crippen LogP contribution is -2.41. The van der Waals surface area contributed by atoms with Crippen LogP contribution in [0.2, 0.25) is 0 Å². The topological polar surface area (TPSA) is 55.1 Å². The Balaban J connectivity index is 2.21. The molecule has 0 spiro atoms. The van der Waals surface area contributed by atoms with Crippen LogP contribution in [0.4, 0.5) is 0 Å². The molecule has 4 heteroatoms. The summed E-state index contributed by atoms with van der Waals surface area (Å²) in [5, 5.41) is 2.85. The molecule has 0 unspecified atom stereocenters. The molecule has 1 aliphatic carbocycles. The smallest absolute Gasteiger partial charge is 0.236 e. The third-order valence-corrected chi connectivity index (χ3v) is 3.66. The van der Waals surface area contributed by atoms with E-state index in [1.165, 1.54) is 12.8 Å². The van der Waals surface area contributed by atoms with Gasteiger partial charge in [-0.15, -0.1) is 0 Å². The fourth-order valence-corrected chi connectivity index (χ4v) is 1.73. The maximum absolute atomic E-state index is 11.1. The summed E-state index contributed by atoms with van der Waals surface area (Å²) in [7, 11) is 0. The van der Waals surface area contributed by atoms with Crippen LogP contribution in [-0.4, -0.2) is 29.5 Å². The van der Waals surface area contributed by atoms with Crippen molar-refractivity contribution in [3.63, 3.8) is 0 Å². The van der Waals surface area contributed by atoms with Gasteiger partial charge >= 0.3 is 0 Å². The van der Waals surface area contributed by atoms with E-state index < -0.39 is 0 Å². The number of hydrogen-bond acceptors (Lipinski definition) is 3. The second-order valence-corrected chi connectivity index (χ2v) is 4.67. The lowest BCUT2D eigenvalue weighted by molar-refractivity contribution is -0.121. The van der Waals surface area contributed by atoms with Gasteiger partial charge < -0.3 is 11.1 Å². The molecular formula is C8H16N2OS. The van der Waals surface area contributed by atoms with E-state index in [-0.39, 0.29) is 11.9 Å². The quantitative estimate of drug-likeness (QED) is 0.669. The average molecular weight is 188 g/mol. The van der Waals surface area contributed by atoms with E-state index in [0.29, 0.717) is 4.75 Å². The zero-order valence-electron chi connectivity index (χ0n) is 7.59. The van der Waals surface area contributed by atoms with Gasteiger partial charge in [-0.2, -0.15) is 11.8 Å². The number of carbonyl (C=O) groups is 1. The first-order chi connectivity index (χ1) is 5.59. The fraction of sp³-hybridized carbons (Fsp3) is 0.875. The van der Waals surface area contributed by atoms with Crippen molar-refractivity contribution in [2.75, 3.05) is 12.8 Å².